The first kappa shape index (κ1) is 19.5. The van der Waals surface area contributed by atoms with Crippen molar-refractivity contribution in [1.29, 1.82) is 0 Å². The molecule has 2 rings (SSSR count). The highest BCUT2D eigenvalue weighted by atomic mass is 35.5. The Hall–Kier alpha value is -2.82. The van der Waals surface area contributed by atoms with Crippen LogP contribution < -0.4 is 10.2 Å². The number of carbonyl (C=O) groups is 1. The number of nitro groups is 1. The quantitative estimate of drug-likeness (QED) is 0.615. The fraction of sp³-hybridized carbons (Fsp3) is 0.286. The van der Waals surface area contributed by atoms with Gasteiger partial charge in [0.1, 0.15) is 11.4 Å². The SMILES string of the molecule is Cc1cc(NC(=O)CN(C)c2cc(Cl)c(C(F)(F)F)cc2[N+](=O)[O-])no1. The number of aromatic nitrogens is 1. The van der Waals surface area contributed by atoms with Gasteiger partial charge < -0.3 is 14.7 Å². The summed E-state index contributed by atoms with van der Waals surface area (Å²) in [6.45, 7) is 1.22. The van der Waals surface area contributed by atoms with Gasteiger partial charge in [0.2, 0.25) is 5.91 Å². The summed E-state index contributed by atoms with van der Waals surface area (Å²) >= 11 is 5.61. The number of aryl methyl sites for hydroxylation is 1. The number of rotatable bonds is 5. The van der Waals surface area contributed by atoms with Crippen molar-refractivity contribution in [2.24, 2.45) is 0 Å². The lowest BCUT2D eigenvalue weighted by atomic mass is 10.1. The predicted molar refractivity (Wildman–Crippen MR) is 86.2 cm³/mol. The van der Waals surface area contributed by atoms with Crippen molar-refractivity contribution >= 4 is 34.7 Å². The molecule has 0 aliphatic rings. The number of nitro benzene ring substituents is 1. The lowest BCUT2D eigenvalue weighted by Gasteiger charge is -2.20. The molecule has 0 spiro atoms. The maximum Gasteiger partial charge on any atom is 0.418 e. The summed E-state index contributed by atoms with van der Waals surface area (Å²) < 4.78 is 43.4. The molecule has 0 radical (unpaired) electrons. The summed E-state index contributed by atoms with van der Waals surface area (Å²) in [5, 5.41) is 16.4. The zero-order valence-electron chi connectivity index (χ0n) is 13.4. The van der Waals surface area contributed by atoms with Crippen LogP contribution in [0.2, 0.25) is 5.02 Å². The molecule has 0 saturated carbocycles. The Morgan fingerprint density at radius 3 is 2.58 bits per heavy atom. The van der Waals surface area contributed by atoms with Crippen LogP contribution in [0.25, 0.3) is 0 Å². The number of hydrogen-bond acceptors (Lipinski definition) is 6. The van der Waals surface area contributed by atoms with Crippen molar-refractivity contribution in [3.05, 3.63) is 44.7 Å². The van der Waals surface area contributed by atoms with E-state index in [2.05, 4.69) is 10.5 Å². The van der Waals surface area contributed by atoms with E-state index in [1.165, 1.54) is 13.1 Å². The molecule has 2 aromatic rings. The minimum atomic E-state index is -4.85. The molecule has 0 bridgehead atoms. The lowest BCUT2D eigenvalue weighted by molar-refractivity contribution is -0.384. The highest BCUT2D eigenvalue weighted by Gasteiger charge is 2.36. The molecule has 1 aromatic heterocycles. The number of likely N-dealkylation sites (N-methyl/N-ethyl adjacent to an activating group) is 1. The number of nitrogens with one attached hydrogen (secondary N) is 1. The molecule has 12 heteroatoms. The molecule has 1 amide bonds. The van der Waals surface area contributed by atoms with Crippen LogP contribution in [0.1, 0.15) is 11.3 Å². The van der Waals surface area contributed by atoms with Crippen LogP contribution in [-0.2, 0) is 11.0 Å². The van der Waals surface area contributed by atoms with Gasteiger partial charge in [0.15, 0.2) is 5.82 Å². The number of alkyl halides is 3. The molecule has 0 atom stereocenters. The second-order valence-corrected chi connectivity index (χ2v) is 5.71. The molecule has 0 aliphatic carbocycles. The van der Waals surface area contributed by atoms with E-state index >= 15 is 0 Å². The van der Waals surface area contributed by atoms with Crippen molar-refractivity contribution in [3.8, 4) is 0 Å². The molecule has 0 saturated heterocycles. The maximum absolute atomic E-state index is 12.9. The Bertz CT molecular complexity index is 853. The molecular weight excluding hydrogens is 381 g/mol. The van der Waals surface area contributed by atoms with Gasteiger partial charge in [-0.2, -0.15) is 13.2 Å². The third-order valence-electron chi connectivity index (χ3n) is 3.25. The largest absolute Gasteiger partial charge is 0.418 e. The first-order chi connectivity index (χ1) is 12.0. The molecule has 0 unspecified atom stereocenters. The lowest BCUT2D eigenvalue weighted by Crippen LogP contribution is -2.30. The van der Waals surface area contributed by atoms with Gasteiger partial charge >= 0.3 is 6.18 Å². The van der Waals surface area contributed by atoms with E-state index in [1.54, 1.807) is 6.92 Å². The summed E-state index contributed by atoms with van der Waals surface area (Å²) in [5.74, 6) is -0.00853. The number of hydrogen-bond donors (Lipinski definition) is 1. The summed E-state index contributed by atoms with van der Waals surface area (Å²) in [6.07, 6.45) is -4.85. The third kappa shape index (κ3) is 4.42. The van der Waals surface area contributed by atoms with Gasteiger partial charge in [0, 0.05) is 19.2 Å². The van der Waals surface area contributed by atoms with Gasteiger partial charge in [0.05, 0.1) is 22.1 Å². The third-order valence-corrected chi connectivity index (χ3v) is 3.57. The Morgan fingerprint density at radius 2 is 2.08 bits per heavy atom. The zero-order valence-corrected chi connectivity index (χ0v) is 14.2. The van der Waals surface area contributed by atoms with Gasteiger partial charge in [-0.25, -0.2) is 0 Å². The van der Waals surface area contributed by atoms with Gasteiger partial charge in [-0.1, -0.05) is 16.8 Å². The highest BCUT2D eigenvalue weighted by Crippen LogP contribution is 2.41. The summed E-state index contributed by atoms with van der Waals surface area (Å²) in [7, 11) is 1.31. The summed E-state index contributed by atoms with van der Waals surface area (Å²) in [6, 6.07) is 2.60. The molecule has 8 nitrogen and oxygen atoms in total. The number of nitrogens with zero attached hydrogens (tertiary/aromatic N) is 3. The van der Waals surface area contributed by atoms with Crippen LogP contribution in [0.4, 0.5) is 30.4 Å². The van der Waals surface area contributed by atoms with Crippen molar-refractivity contribution in [1.82, 2.24) is 5.16 Å². The van der Waals surface area contributed by atoms with Crippen molar-refractivity contribution in [2.45, 2.75) is 13.1 Å². The van der Waals surface area contributed by atoms with E-state index in [1.807, 2.05) is 0 Å². The van der Waals surface area contributed by atoms with Crippen LogP contribution in [0.15, 0.2) is 22.7 Å². The van der Waals surface area contributed by atoms with E-state index in [0.717, 1.165) is 11.0 Å². The van der Waals surface area contributed by atoms with Crippen molar-refractivity contribution in [2.75, 3.05) is 23.8 Å². The fourth-order valence-electron chi connectivity index (χ4n) is 2.13. The number of halogens is 4. The first-order valence-electron chi connectivity index (χ1n) is 6.98. The number of carbonyl (C=O) groups excluding carboxylic acids is 1. The molecular formula is C14H12ClF3N4O4. The van der Waals surface area contributed by atoms with Crippen LogP contribution >= 0.6 is 11.6 Å². The van der Waals surface area contributed by atoms with E-state index in [9.17, 15) is 28.1 Å². The van der Waals surface area contributed by atoms with Crippen molar-refractivity contribution in [3.63, 3.8) is 0 Å². The molecule has 1 aromatic carbocycles. The zero-order chi connectivity index (χ0) is 19.6. The fourth-order valence-corrected chi connectivity index (χ4v) is 2.39. The van der Waals surface area contributed by atoms with Crippen LogP contribution in [0.5, 0.6) is 0 Å². The monoisotopic (exact) mass is 392 g/mol. The second kappa shape index (κ2) is 7.20. The summed E-state index contributed by atoms with van der Waals surface area (Å²) in [4.78, 5) is 23.2. The topological polar surface area (TPSA) is 102 Å². The van der Waals surface area contributed by atoms with E-state index in [4.69, 9.17) is 16.1 Å². The van der Waals surface area contributed by atoms with Gasteiger partial charge in [0.25, 0.3) is 5.69 Å². The summed E-state index contributed by atoms with van der Waals surface area (Å²) in [5.41, 5.74) is -2.39. The Morgan fingerprint density at radius 1 is 1.42 bits per heavy atom. The Labute approximate surface area is 149 Å². The molecule has 26 heavy (non-hydrogen) atoms. The predicted octanol–water partition coefficient (Wildman–Crippen LogP) is 3.64. The molecule has 1 heterocycles. The van der Waals surface area contributed by atoms with Crippen LogP contribution in [0.3, 0.4) is 0 Å². The standard InChI is InChI=1S/C14H12ClF3N4O4/c1-7-3-12(20-26-7)19-13(23)6-21(2)10-5-9(15)8(14(16,17)18)4-11(10)22(24)25/h3-5H,6H2,1-2H3,(H,19,20,23). The Balaban J connectivity index is 2.27. The van der Waals surface area contributed by atoms with Crippen LogP contribution in [-0.4, -0.2) is 29.6 Å². The van der Waals surface area contributed by atoms with E-state index in [0.29, 0.717) is 11.8 Å². The average Bonchev–Trinajstić information content (AvgIpc) is 2.90. The number of benzene rings is 1. The van der Waals surface area contributed by atoms with E-state index in [-0.39, 0.29) is 11.5 Å². The molecule has 1 N–H and O–H groups in total. The maximum atomic E-state index is 12.9. The number of anilines is 2. The average molecular weight is 393 g/mol. The van der Waals surface area contributed by atoms with Crippen molar-refractivity contribution < 1.29 is 27.4 Å². The first-order valence-corrected chi connectivity index (χ1v) is 7.36. The second-order valence-electron chi connectivity index (χ2n) is 5.30. The highest BCUT2D eigenvalue weighted by molar-refractivity contribution is 6.31. The smallest absolute Gasteiger partial charge is 0.360 e. The molecule has 140 valence electrons. The molecule has 0 aliphatic heterocycles. The van der Waals surface area contributed by atoms with Crippen LogP contribution in [0, 0.1) is 17.0 Å². The van der Waals surface area contributed by atoms with Gasteiger partial charge in [-0.3, -0.25) is 14.9 Å². The Kier molecular flexibility index (Phi) is 5.40. The minimum absolute atomic E-state index is 0.140. The number of amides is 1. The van der Waals surface area contributed by atoms with Gasteiger partial charge in [-0.05, 0) is 13.0 Å². The van der Waals surface area contributed by atoms with Gasteiger partial charge in [-0.15, -0.1) is 0 Å². The molecule has 0 fully saturated rings. The normalized spacial score (nSPS) is 11.3. The minimum Gasteiger partial charge on any atom is -0.360 e. The van der Waals surface area contributed by atoms with E-state index < -0.39 is 39.8 Å².